The molecule has 0 saturated heterocycles. The Morgan fingerprint density at radius 3 is 2.84 bits per heavy atom. The fraction of sp³-hybridized carbons (Fsp3) is 0.250. The lowest BCUT2D eigenvalue weighted by Crippen LogP contribution is -2.06. The number of halogens is 1. The van der Waals surface area contributed by atoms with Crippen molar-refractivity contribution < 1.29 is 9.90 Å². The highest BCUT2D eigenvalue weighted by atomic mass is 35.5. The standard InChI is InChI=1S/C12H12ClN3O2S/c1-8-14-15-12(19-7-11(17)18)16(8)6-9-4-2-3-5-10(9)13/h2-5H,6-7H2,1H3,(H,17,18). The number of benzene rings is 1. The van der Waals surface area contributed by atoms with Gasteiger partial charge in [-0.25, -0.2) is 0 Å². The van der Waals surface area contributed by atoms with Gasteiger partial charge in [-0.15, -0.1) is 10.2 Å². The Morgan fingerprint density at radius 2 is 2.16 bits per heavy atom. The van der Waals surface area contributed by atoms with Gasteiger partial charge in [0.25, 0.3) is 0 Å². The first-order chi connectivity index (χ1) is 9.08. The van der Waals surface area contributed by atoms with E-state index in [0.717, 1.165) is 23.1 Å². The predicted octanol–water partition coefficient (Wildman–Crippen LogP) is 2.46. The lowest BCUT2D eigenvalue weighted by Gasteiger charge is -2.09. The van der Waals surface area contributed by atoms with Gasteiger partial charge in [0.1, 0.15) is 5.82 Å². The van der Waals surface area contributed by atoms with E-state index in [4.69, 9.17) is 16.7 Å². The Bertz CT molecular complexity index is 600. The van der Waals surface area contributed by atoms with Crippen LogP contribution in [0.15, 0.2) is 29.4 Å². The number of carboxylic acids is 1. The highest BCUT2D eigenvalue weighted by molar-refractivity contribution is 7.99. The molecular formula is C12H12ClN3O2S. The molecule has 5 nitrogen and oxygen atoms in total. The average molecular weight is 298 g/mol. The molecule has 0 saturated carbocycles. The number of aromatic nitrogens is 3. The van der Waals surface area contributed by atoms with Crippen molar-refractivity contribution in [2.24, 2.45) is 0 Å². The molecule has 0 fully saturated rings. The van der Waals surface area contributed by atoms with Gasteiger partial charge < -0.3 is 9.67 Å². The summed E-state index contributed by atoms with van der Waals surface area (Å²) in [6.07, 6.45) is 0. The normalized spacial score (nSPS) is 10.6. The lowest BCUT2D eigenvalue weighted by molar-refractivity contribution is -0.133. The molecule has 0 radical (unpaired) electrons. The molecule has 0 atom stereocenters. The number of aliphatic carboxylic acids is 1. The monoisotopic (exact) mass is 297 g/mol. The number of hydrogen-bond donors (Lipinski definition) is 1. The van der Waals surface area contributed by atoms with Gasteiger partial charge in [0.05, 0.1) is 12.3 Å². The van der Waals surface area contributed by atoms with Crippen molar-refractivity contribution in [2.45, 2.75) is 18.6 Å². The second kappa shape index (κ2) is 6.08. The van der Waals surface area contributed by atoms with Gasteiger partial charge in [0.15, 0.2) is 5.16 Å². The maximum atomic E-state index is 10.6. The Kier molecular flexibility index (Phi) is 4.44. The van der Waals surface area contributed by atoms with E-state index in [1.54, 1.807) is 0 Å². The Labute approximate surface area is 119 Å². The van der Waals surface area contributed by atoms with Crippen LogP contribution < -0.4 is 0 Å². The first-order valence-corrected chi connectivity index (χ1v) is 6.92. The number of carboxylic acid groups (broad SMARTS) is 1. The molecule has 0 aliphatic heterocycles. The molecule has 0 bridgehead atoms. The summed E-state index contributed by atoms with van der Waals surface area (Å²) in [5.41, 5.74) is 0.948. The minimum absolute atomic E-state index is 0.0410. The summed E-state index contributed by atoms with van der Waals surface area (Å²) in [4.78, 5) is 10.6. The van der Waals surface area contributed by atoms with Crippen molar-refractivity contribution in [1.29, 1.82) is 0 Å². The number of hydrogen-bond acceptors (Lipinski definition) is 4. The molecular weight excluding hydrogens is 286 g/mol. The summed E-state index contributed by atoms with van der Waals surface area (Å²) in [7, 11) is 0. The second-order valence-corrected chi connectivity index (χ2v) is 5.24. The maximum Gasteiger partial charge on any atom is 0.313 e. The molecule has 1 N–H and O–H groups in total. The van der Waals surface area contributed by atoms with Gasteiger partial charge in [-0.2, -0.15) is 0 Å². The zero-order chi connectivity index (χ0) is 13.8. The third-order valence-electron chi connectivity index (χ3n) is 2.51. The Balaban J connectivity index is 2.22. The van der Waals surface area contributed by atoms with Crippen molar-refractivity contribution in [3.63, 3.8) is 0 Å². The van der Waals surface area contributed by atoms with Crippen molar-refractivity contribution in [3.8, 4) is 0 Å². The molecule has 0 aliphatic rings. The summed E-state index contributed by atoms with van der Waals surface area (Å²) in [5.74, 6) is -0.191. The van der Waals surface area contributed by atoms with Gasteiger partial charge >= 0.3 is 5.97 Å². The summed E-state index contributed by atoms with van der Waals surface area (Å²) >= 11 is 7.27. The van der Waals surface area contributed by atoms with Gasteiger partial charge in [-0.05, 0) is 18.6 Å². The average Bonchev–Trinajstić information content (AvgIpc) is 2.71. The maximum absolute atomic E-state index is 10.6. The number of nitrogens with zero attached hydrogens (tertiary/aromatic N) is 3. The van der Waals surface area contributed by atoms with E-state index in [9.17, 15) is 4.79 Å². The van der Waals surface area contributed by atoms with E-state index in [-0.39, 0.29) is 5.75 Å². The van der Waals surface area contributed by atoms with E-state index in [1.165, 1.54) is 0 Å². The molecule has 7 heteroatoms. The highest BCUT2D eigenvalue weighted by Gasteiger charge is 2.12. The van der Waals surface area contributed by atoms with E-state index in [1.807, 2.05) is 35.8 Å². The van der Waals surface area contributed by atoms with E-state index >= 15 is 0 Å². The van der Waals surface area contributed by atoms with Crippen LogP contribution >= 0.6 is 23.4 Å². The zero-order valence-corrected chi connectivity index (χ0v) is 11.8. The molecule has 2 aromatic rings. The molecule has 2 rings (SSSR count). The SMILES string of the molecule is Cc1nnc(SCC(=O)O)n1Cc1ccccc1Cl. The summed E-state index contributed by atoms with van der Waals surface area (Å²) < 4.78 is 1.86. The molecule has 1 heterocycles. The number of carbonyl (C=O) groups is 1. The minimum atomic E-state index is -0.880. The van der Waals surface area contributed by atoms with E-state index in [2.05, 4.69) is 10.2 Å². The van der Waals surface area contributed by atoms with Crippen LogP contribution in [0.2, 0.25) is 5.02 Å². The highest BCUT2D eigenvalue weighted by Crippen LogP contribution is 2.21. The van der Waals surface area contributed by atoms with Gasteiger partial charge in [-0.1, -0.05) is 41.6 Å². The fourth-order valence-corrected chi connectivity index (χ4v) is 2.47. The molecule has 1 aromatic heterocycles. The van der Waals surface area contributed by atoms with Crippen molar-refractivity contribution in [1.82, 2.24) is 14.8 Å². The third kappa shape index (κ3) is 3.48. The van der Waals surface area contributed by atoms with Crippen LogP contribution in [0, 0.1) is 6.92 Å². The van der Waals surface area contributed by atoms with Crippen molar-refractivity contribution >= 4 is 29.3 Å². The first kappa shape index (κ1) is 13.9. The summed E-state index contributed by atoms with van der Waals surface area (Å²) in [5, 5.41) is 17.9. The van der Waals surface area contributed by atoms with E-state index in [0.29, 0.717) is 16.7 Å². The predicted molar refractivity (Wildman–Crippen MR) is 73.7 cm³/mol. The van der Waals surface area contributed by atoms with Crippen LogP contribution in [-0.2, 0) is 11.3 Å². The van der Waals surface area contributed by atoms with Crippen LogP contribution in [0.5, 0.6) is 0 Å². The third-order valence-corrected chi connectivity index (χ3v) is 3.83. The first-order valence-electron chi connectivity index (χ1n) is 5.55. The molecule has 0 spiro atoms. The molecule has 0 amide bonds. The smallest absolute Gasteiger partial charge is 0.313 e. The van der Waals surface area contributed by atoms with Crippen LogP contribution in [-0.4, -0.2) is 31.6 Å². The quantitative estimate of drug-likeness (QED) is 0.859. The Morgan fingerprint density at radius 1 is 1.42 bits per heavy atom. The second-order valence-electron chi connectivity index (χ2n) is 3.89. The van der Waals surface area contributed by atoms with Crippen LogP contribution in [0.25, 0.3) is 0 Å². The number of aryl methyl sites for hydroxylation is 1. The van der Waals surface area contributed by atoms with Gasteiger partial charge in [-0.3, -0.25) is 4.79 Å². The van der Waals surface area contributed by atoms with Crippen molar-refractivity contribution in [3.05, 3.63) is 40.7 Å². The fourth-order valence-electron chi connectivity index (χ4n) is 1.57. The molecule has 100 valence electrons. The van der Waals surface area contributed by atoms with Crippen LogP contribution in [0.3, 0.4) is 0 Å². The van der Waals surface area contributed by atoms with E-state index < -0.39 is 5.97 Å². The number of thioether (sulfide) groups is 1. The summed E-state index contributed by atoms with van der Waals surface area (Å²) in [6, 6.07) is 7.52. The summed E-state index contributed by atoms with van der Waals surface area (Å²) in [6.45, 7) is 2.36. The Hall–Kier alpha value is -1.53. The molecule has 19 heavy (non-hydrogen) atoms. The lowest BCUT2D eigenvalue weighted by atomic mass is 10.2. The minimum Gasteiger partial charge on any atom is -0.481 e. The molecule has 1 aromatic carbocycles. The zero-order valence-electron chi connectivity index (χ0n) is 10.2. The van der Waals surface area contributed by atoms with Gasteiger partial charge in [0, 0.05) is 5.02 Å². The van der Waals surface area contributed by atoms with Crippen LogP contribution in [0.4, 0.5) is 0 Å². The van der Waals surface area contributed by atoms with Crippen molar-refractivity contribution in [2.75, 3.05) is 5.75 Å². The van der Waals surface area contributed by atoms with Crippen LogP contribution in [0.1, 0.15) is 11.4 Å². The van der Waals surface area contributed by atoms with Gasteiger partial charge in [0.2, 0.25) is 0 Å². The molecule has 0 unspecified atom stereocenters. The molecule has 0 aliphatic carbocycles. The topological polar surface area (TPSA) is 68.0 Å². The number of rotatable bonds is 5. The largest absolute Gasteiger partial charge is 0.481 e.